The van der Waals surface area contributed by atoms with Gasteiger partial charge in [0.2, 0.25) is 17.7 Å². The van der Waals surface area contributed by atoms with Crippen molar-refractivity contribution in [2.45, 2.75) is 187 Å². The third-order valence-corrected chi connectivity index (χ3v) is 9.03. The van der Waals surface area contributed by atoms with Gasteiger partial charge in [-0.25, -0.2) is 0 Å². The highest BCUT2D eigenvalue weighted by molar-refractivity contribution is 5.89. The van der Waals surface area contributed by atoms with Crippen LogP contribution in [0.4, 0.5) is 0 Å². The number of likely N-dealkylation sites (N-methyl/N-ethyl adjacent to an activating group) is 1. The SMILES string of the molecule is CCCCCCCCCCCC(=O)OCCCCNC(=O)CCC(NC(=O)CN(C)C)C(=O)NCCCCOC(=O)CCCCCCCCCCC. The molecule has 11 nitrogen and oxygen atoms in total. The molecule has 1 atom stereocenters. The van der Waals surface area contributed by atoms with E-state index < -0.39 is 6.04 Å². The first-order chi connectivity index (χ1) is 25.2. The van der Waals surface area contributed by atoms with Crippen molar-refractivity contribution in [3.05, 3.63) is 0 Å². The van der Waals surface area contributed by atoms with Crippen LogP contribution in [0.1, 0.15) is 181 Å². The molecule has 0 radical (unpaired) electrons. The van der Waals surface area contributed by atoms with Crippen LogP contribution in [0.15, 0.2) is 0 Å². The molecule has 0 aliphatic heterocycles. The summed E-state index contributed by atoms with van der Waals surface area (Å²) in [6, 6.07) is -0.836. The van der Waals surface area contributed by atoms with E-state index in [1.807, 2.05) is 0 Å². The highest BCUT2D eigenvalue weighted by Crippen LogP contribution is 2.12. The lowest BCUT2D eigenvalue weighted by atomic mass is 10.1. The summed E-state index contributed by atoms with van der Waals surface area (Å²) in [5, 5.41) is 8.45. The lowest BCUT2D eigenvalue weighted by molar-refractivity contribution is -0.144. The molecule has 0 aliphatic carbocycles. The zero-order chi connectivity index (χ0) is 38.5. The van der Waals surface area contributed by atoms with E-state index >= 15 is 0 Å². The molecule has 3 amide bonds. The Kier molecular flexibility index (Phi) is 34.8. The quantitative estimate of drug-likeness (QED) is 0.0439. The first kappa shape index (κ1) is 49.3. The molecule has 0 spiro atoms. The van der Waals surface area contributed by atoms with Gasteiger partial charge in [0, 0.05) is 32.4 Å². The number of hydrogen-bond donors (Lipinski definition) is 3. The smallest absolute Gasteiger partial charge is 0.305 e. The minimum Gasteiger partial charge on any atom is -0.466 e. The van der Waals surface area contributed by atoms with E-state index in [0.717, 1.165) is 25.7 Å². The Balaban J connectivity index is 4.12. The van der Waals surface area contributed by atoms with Gasteiger partial charge in [-0.05, 0) is 59.0 Å². The molecule has 0 aliphatic rings. The molecular weight excluding hydrogens is 660 g/mol. The lowest BCUT2D eigenvalue weighted by Crippen LogP contribution is -2.49. The van der Waals surface area contributed by atoms with Crippen molar-refractivity contribution in [1.82, 2.24) is 20.9 Å². The van der Waals surface area contributed by atoms with Crippen LogP contribution < -0.4 is 16.0 Å². The zero-order valence-electron chi connectivity index (χ0n) is 33.8. The van der Waals surface area contributed by atoms with Crippen molar-refractivity contribution in [2.75, 3.05) is 46.9 Å². The Labute approximate surface area is 317 Å². The van der Waals surface area contributed by atoms with Crippen LogP contribution >= 0.6 is 0 Å². The zero-order valence-corrected chi connectivity index (χ0v) is 33.8. The van der Waals surface area contributed by atoms with Gasteiger partial charge in [-0.15, -0.1) is 0 Å². The summed E-state index contributed by atoms with van der Waals surface area (Å²) in [5.41, 5.74) is 0. The van der Waals surface area contributed by atoms with E-state index in [2.05, 4.69) is 29.8 Å². The molecule has 1 unspecified atom stereocenters. The number of nitrogens with one attached hydrogen (secondary N) is 3. The average molecular weight is 739 g/mol. The van der Waals surface area contributed by atoms with Gasteiger partial charge in [0.1, 0.15) is 6.04 Å². The Morgan fingerprint density at radius 1 is 0.500 bits per heavy atom. The fourth-order valence-corrected chi connectivity index (χ4v) is 5.85. The minimum absolute atomic E-state index is 0.0863. The lowest BCUT2D eigenvalue weighted by Gasteiger charge is -2.19. The van der Waals surface area contributed by atoms with Crippen molar-refractivity contribution >= 4 is 29.7 Å². The van der Waals surface area contributed by atoms with Gasteiger partial charge in [0.25, 0.3) is 0 Å². The number of hydrogen-bond acceptors (Lipinski definition) is 8. The number of nitrogens with zero attached hydrogens (tertiary/aromatic N) is 1. The van der Waals surface area contributed by atoms with Crippen LogP contribution in [0.2, 0.25) is 0 Å². The van der Waals surface area contributed by atoms with Gasteiger partial charge in [-0.3, -0.25) is 24.0 Å². The summed E-state index contributed by atoms with van der Waals surface area (Å²) < 4.78 is 10.7. The van der Waals surface area contributed by atoms with E-state index in [9.17, 15) is 24.0 Å². The maximum absolute atomic E-state index is 12.9. The maximum Gasteiger partial charge on any atom is 0.305 e. The topological polar surface area (TPSA) is 143 Å². The van der Waals surface area contributed by atoms with Gasteiger partial charge >= 0.3 is 11.9 Å². The molecule has 0 fully saturated rings. The molecule has 11 heteroatoms. The molecule has 0 aromatic rings. The average Bonchev–Trinajstić information content (AvgIpc) is 3.11. The standard InChI is InChI=1S/C41H78N4O7/c1-5-7-9-11-13-15-17-19-21-27-39(48)51-33-25-23-31-42-37(46)30-29-36(44-38(47)35-45(3)4)41(50)43-32-24-26-34-52-40(49)28-22-20-18-16-14-12-10-8-6-2/h36H,5-35H2,1-4H3,(H,42,46)(H,43,50)(H,44,47). The van der Waals surface area contributed by atoms with Gasteiger partial charge in [0.15, 0.2) is 0 Å². The van der Waals surface area contributed by atoms with Crippen molar-refractivity contribution in [3.8, 4) is 0 Å². The second kappa shape index (κ2) is 36.7. The van der Waals surface area contributed by atoms with Crippen molar-refractivity contribution in [2.24, 2.45) is 0 Å². The predicted molar refractivity (Wildman–Crippen MR) is 210 cm³/mol. The number of carbonyl (C=O) groups is 5. The molecular formula is C41H78N4O7. The van der Waals surface area contributed by atoms with Crippen molar-refractivity contribution in [1.29, 1.82) is 0 Å². The fraction of sp³-hybridized carbons (Fsp3) is 0.878. The van der Waals surface area contributed by atoms with E-state index in [4.69, 9.17) is 9.47 Å². The Hall–Kier alpha value is -2.69. The van der Waals surface area contributed by atoms with Crippen molar-refractivity contribution < 1.29 is 33.4 Å². The number of rotatable bonds is 37. The molecule has 0 saturated carbocycles. The number of amides is 3. The highest BCUT2D eigenvalue weighted by atomic mass is 16.5. The molecule has 0 bridgehead atoms. The molecule has 3 N–H and O–H groups in total. The minimum atomic E-state index is -0.836. The number of ether oxygens (including phenoxy) is 2. The third kappa shape index (κ3) is 34.4. The molecule has 0 aromatic carbocycles. The first-order valence-corrected chi connectivity index (χ1v) is 21.0. The van der Waals surface area contributed by atoms with Gasteiger partial charge in [-0.2, -0.15) is 0 Å². The normalized spacial score (nSPS) is 11.6. The van der Waals surface area contributed by atoms with Gasteiger partial charge in [0.05, 0.1) is 19.8 Å². The summed E-state index contributed by atoms with van der Waals surface area (Å²) in [5.74, 6) is -1.16. The maximum atomic E-state index is 12.9. The van der Waals surface area contributed by atoms with Crippen LogP contribution in [0, 0.1) is 0 Å². The number of unbranched alkanes of at least 4 members (excludes halogenated alkanes) is 18. The largest absolute Gasteiger partial charge is 0.466 e. The van der Waals surface area contributed by atoms with E-state index in [0.29, 0.717) is 64.8 Å². The summed E-state index contributed by atoms with van der Waals surface area (Å²) in [6.07, 6.45) is 25.4. The Bertz CT molecular complexity index is 916. The third-order valence-electron chi connectivity index (χ3n) is 9.03. The van der Waals surface area contributed by atoms with E-state index in [-0.39, 0.29) is 49.0 Å². The van der Waals surface area contributed by atoms with Gasteiger partial charge < -0.3 is 30.3 Å². The number of carbonyl (C=O) groups excluding carboxylic acids is 5. The first-order valence-electron chi connectivity index (χ1n) is 21.0. The van der Waals surface area contributed by atoms with Crippen LogP contribution in [0.3, 0.4) is 0 Å². The van der Waals surface area contributed by atoms with Crippen molar-refractivity contribution in [3.63, 3.8) is 0 Å². The van der Waals surface area contributed by atoms with E-state index in [1.165, 1.54) is 89.9 Å². The number of esters is 2. The monoisotopic (exact) mass is 739 g/mol. The van der Waals surface area contributed by atoms with Crippen LogP contribution in [0.25, 0.3) is 0 Å². The Morgan fingerprint density at radius 2 is 0.923 bits per heavy atom. The highest BCUT2D eigenvalue weighted by Gasteiger charge is 2.22. The second-order valence-electron chi connectivity index (χ2n) is 14.5. The molecule has 0 rings (SSSR count). The molecule has 52 heavy (non-hydrogen) atoms. The fourth-order valence-electron chi connectivity index (χ4n) is 5.85. The predicted octanol–water partition coefficient (Wildman–Crippen LogP) is 7.53. The van der Waals surface area contributed by atoms with Crippen LogP contribution in [-0.2, 0) is 33.4 Å². The summed E-state index contributed by atoms with van der Waals surface area (Å²) >= 11 is 0. The second-order valence-corrected chi connectivity index (χ2v) is 14.5. The van der Waals surface area contributed by atoms with Crippen LogP contribution in [0.5, 0.6) is 0 Å². The molecule has 0 saturated heterocycles. The van der Waals surface area contributed by atoms with E-state index in [1.54, 1.807) is 19.0 Å². The van der Waals surface area contributed by atoms with Gasteiger partial charge in [-0.1, -0.05) is 117 Å². The molecule has 0 aromatic heterocycles. The Morgan fingerprint density at radius 3 is 1.37 bits per heavy atom. The molecule has 304 valence electrons. The summed E-state index contributed by atoms with van der Waals surface area (Å²) in [7, 11) is 3.54. The summed E-state index contributed by atoms with van der Waals surface area (Å²) in [4.78, 5) is 63.5. The summed E-state index contributed by atoms with van der Waals surface area (Å²) in [6.45, 7) is 6.06. The van der Waals surface area contributed by atoms with Crippen LogP contribution in [-0.4, -0.2) is 87.5 Å². The molecule has 0 heterocycles.